The van der Waals surface area contributed by atoms with Crippen LogP contribution >= 0.6 is 0 Å². The van der Waals surface area contributed by atoms with E-state index in [0.717, 1.165) is 22.3 Å². The first-order chi connectivity index (χ1) is 20.2. The number of hydrogen-bond donors (Lipinski definition) is 3. The molecule has 2 aromatic carbocycles. The normalized spacial score (nSPS) is 13.3. The van der Waals surface area contributed by atoms with Crippen LogP contribution in [-0.2, 0) is 40.6 Å². The second-order valence-corrected chi connectivity index (χ2v) is 9.97. The van der Waals surface area contributed by atoms with E-state index in [1.54, 1.807) is 24.0 Å². The lowest BCUT2D eigenvalue weighted by Gasteiger charge is -2.15. The first kappa shape index (κ1) is 30.3. The van der Waals surface area contributed by atoms with Crippen molar-refractivity contribution in [3.05, 3.63) is 46.5 Å². The number of rotatable bonds is 14. The number of nitrogens with one attached hydrogen (secondary N) is 1. The molecule has 0 unspecified atom stereocenters. The molecule has 0 saturated heterocycles. The number of hydrogen-bond acceptors (Lipinski definition) is 8. The highest BCUT2D eigenvalue weighted by Crippen LogP contribution is 2.37. The van der Waals surface area contributed by atoms with Crippen LogP contribution in [0.4, 0.5) is 4.79 Å². The molecule has 13 nitrogen and oxygen atoms in total. The van der Waals surface area contributed by atoms with E-state index in [1.807, 2.05) is 24.3 Å². The van der Waals surface area contributed by atoms with Gasteiger partial charge in [-0.15, -0.1) is 0 Å². The molecule has 226 valence electrons. The van der Waals surface area contributed by atoms with E-state index >= 15 is 0 Å². The molecular weight excluding hydrogens is 550 g/mol. The van der Waals surface area contributed by atoms with Crippen LogP contribution < -0.4 is 24.3 Å². The van der Waals surface area contributed by atoms with Crippen LogP contribution in [0.3, 0.4) is 0 Å². The molecule has 0 aliphatic carbocycles. The number of urea groups is 1. The molecule has 0 aromatic heterocycles. The number of aliphatic carboxylic acids is 2. The summed E-state index contributed by atoms with van der Waals surface area (Å²) in [5.74, 6) is 0.00961. The average Bonchev–Trinajstić information content (AvgIpc) is 3.58. The molecule has 2 aliphatic heterocycles. The Bertz CT molecular complexity index is 1350. The number of nitrogens with zero attached hydrogens (tertiary/aromatic N) is 2. The molecule has 4 rings (SSSR count). The van der Waals surface area contributed by atoms with Crippen LogP contribution in [0.15, 0.2) is 24.3 Å². The summed E-state index contributed by atoms with van der Waals surface area (Å²) in [6.45, 7) is 2.28. The summed E-state index contributed by atoms with van der Waals surface area (Å²) in [6.07, 6.45) is 0.172. The quantitative estimate of drug-likeness (QED) is 0.281. The number of amides is 3. The number of carbonyl (C=O) groups is 4. The van der Waals surface area contributed by atoms with Gasteiger partial charge in [0.05, 0.1) is 40.3 Å². The molecule has 13 heteroatoms. The molecule has 2 aliphatic rings. The summed E-state index contributed by atoms with van der Waals surface area (Å²) in [7, 11) is 3.09. The lowest BCUT2D eigenvalue weighted by molar-refractivity contribution is -0.141. The third-order valence-electron chi connectivity index (χ3n) is 7.03. The summed E-state index contributed by atoms with van der Waals surface area (Å²) in [5.41, 5.74) is 3.72. The molecule has 0 saturated carbocycles. The molecule has 0 radical (unpaired) electrons. The summed E-state index contributed by atoms with van der Waals surface area (Å²) < 4.78 is 22.9. The number of carboxylic acids is 2. The van der Waals surface area contributed by atoms with Gasteiger partial charge in [-0.25, -0.2) is 4.79 Å². The maximum Gasteiger partial charge on any atom is 0.318 e. The minimum absolute atomic E-state index is 0.0407. The van der Waals surface area contributed by atoms with Gasteiger partial charge in [0, 0.05) is 45.6 Å². The van der Waals surface area contributed by atoms with Crippen molar-refractivity contribution in [3.63, 3.8) is 0 Å². The molecule has 42 heavy (non-hydrogen) atoms. The number of carbonyl (C=O) groups excluding carboxylic acids is 2. The zero-order chi connectivity index (χ0) is 30.2. The van der Waals surface area contributed by atoms with Gasteiger partial charge < -0.3 is 44.3 Å². The van der Waals surface area contributed by atoms with Gasteiger partial charge >= 0.3 is 18.0 Å². The fourth-order valence-corrected chi connectivity index (χ4v) is 4.86. The van der Waals surface area contributed by atoms with E-state index in [2.05, 4.69) is 5.32 Å². The Balaban J connectivity index is 1.28. The number of ether oxygens (including phenoxy) is 4. The highest BCUT2D eigenvalue weighted by atomic mass is 16.5. The fraction of sp³-hybridized carbons (Fsp3) is 0.448. The standard InChI is InChI=1S/C29H35N3O10/c1-39-22-10-18-14-31(26(33)4-5-27(34)35)15-20(18)12-24(22)41-8-3-9-42-25-13-21-17-32(16-19(21)11-23(25)40-2)29(38)30-7-6-28(36)37/h10-13H,3-9,14-17H2,1-2H3,(H,30,38)(H,34,35)(H,36,37). The van der Waals surface area contributed by atoms with Crippen molar-refractivity contribution in [2.45, 2.75) is 51.9 Å². The van der Waals surface area contributed by atoms with Gasteiger partial charge in [0.15, 0.2) is 23.0 Å². The maximum atomic E-state index is 12.4. The van der Waals surface area contributed by atoms with Crippen molar-refractivity contribution in [2.75, 3.05) is 34.0 Å². The third kappa shape index (κ3) is 7.53. The Kier molecular flexibility index (Phi) is 9.94. The Labute approximate surface area is 242 Å². The van der Waals surface area contributed by atoms with E-state index in [-0.39, 0.29) is 37.7 Å². The highest BCUT2D eigenvalue weighted by molar-refractivity contribution is 5.81. The van der Waals surface area contributed by atoms with Crippen LogP contribution in [0.1, 0.15) is 47.9 Å². The summed E-state index contributed by atoms with van der Waals surface area (Å²) in [4.78, 5) is 49.5. The van der Waals surface area contributed by atoms with E-state index in [9.17, 15) is 19.2 Å². The topological polar surface area (TPSA) is 164 Å². The molecule has 0 fully saturated rings. The van der Waals surface area contributed by atoms with Gasteiger partial charge in [0.1, 0.15) is 0 Å². The SMILES string of the molecule is COc1cc2c(cc1OCCCOc1cc3c(cc1OC)CN(C(=O)NCCC(=O)O)C3)CN(C(=O)CCC(=O)O)C2. The van der Waals surface area contributed by atoms with Crippen molar-refractivity contribution in [1.29, 1.82) is 0 Å². The monoisotopic (exact) mass is 585 g/mol. The van der Waals surface area contributed by atoms with Crippen molar-refractivity contribution in [2.24, 2.45) is 0 Å². The first-order valence-corrected chi connectivity index (χ1v) is 13.6. The fourth-order valence-electron chi connectivity index (χ4n) is 4.86. The predicted octanol–water partition coefficient (Wildman–Crippen LogP) is 2.76. The zero-order valence-electron chi connectivity index (χ0n) is 23.6. The second kappa shape index (κ2) is 13.8. The maximum absolute atomic E-state index is 12.4. The Morgan fingerprint density at radius 1 is 0.690 bits per heavy atom. The minimum atomic E-state index is -1.00. The van der Waals surface area contributed by atoms with Gasteiger partial charge in [-0.05, 0) is 46.5 Å². The molecule has 0 atom stereocenters. The van der Waals surface area contributed by atoms with Crippen LogP contribution in [0.2, 0.25) is 0 Å². The van der Waals surface area contributed by atoms with Gasteiger partial charge in [0.25, 0.3) is 0 Å². The van der Waals surface area contributed by atoms with Crippen LogP contribution in [0, 0.1) is 0 Å². The average molecular weight is 586 g/mol. The molecule has 2 heterocycles. The Morgan fingerprint density at radius 3 is 1.60 bits per heavy atom. The first-order valence-electron chi connectivity index (χ1n) is 13.6. The Hall–Kier alpha value is -4.68. The lowest BCUT2D eigenvalue weighted by Crippen LogP contribution is -2.37. The van der Waals surface area contributed by atoms with Crippen LogP contribution in [0.25, 0.3) is 0 Å². The molecular formula is C29H35N3O10. The molecule has 3 amide bonds. The van der Waals surface area contributed by atoms with E-state index in [0.29, 0.717) is 68.8 Å². The third-order valence-corrected chi connectivity index (χ3v) is 7.03. The smallest absolute Gasteiger partial charge is 0.318 e. The van der Waals surface area contributed by atoms with E-state index < -0.39 is 11.9 Å². The number of methoxy groups -OCH3 is 2. The van der Waals surface area contributed by atoms with Crippen molar-refractivity contribution < 1.29 is 48.3 Å². The number of carboxylic acid groups (broad SMARTS) is 2. The van der Waals surface area contributed by atoms with Crippen molar-refractivity contribution >= 4 is 23.9 Å². The minimum Gasteiger partial charge on any atom is -0.493 e. The lowest BCUT2D eigenvalue weighted by atomic mass is 10.1. The summed E-state index contributed by atoms with van der Waals surface area (Å²) in [6, 6.07) is 7.07. The second-order valence-electron chi connectivity index (χ2n) is 9.97. The van der Waals surface area contributed by atoms with Gasteiger partial charge in [-0.1, -0.05) is 0 Å². The van der Waals surface area contributed by atoms with Crippen LogP contribution in [-0.4, -0.2) is 77.9 Å². The molecule has 2 aromatic rings. The van der Waals surface area contributed by atoms with E-state index in [4.69, 9.17) is 29.2 Å². The number of benzene rings is 2. The summed E-state index contributed by atoms with van der Waals surface area (Å²) >= 11 is 0. The molecule has 0 spiro atoms. The van der Waals surface area contributed by atoms with Crippen molar-refractivity contribution in [3.8, 4) is 23.0 Å². The summed E-state index contributed by atoms with van der Waals surface area (Å²) in [5, 5.41) is 20.2. The highest BCUT2D eigenvalue weighted by Gasteiger charge is 2.27. The predicted molar refractivity (Wildman–Crippen MR) is 148 cm³/mol. The van der Waals surface area contributed by atoms with Crippen molar-refractivity contribution in [1.82, 2.24) is 15.1 Å². The van der Waals surface area contributed by atoms with Crippen LogP contribution in [0.5, 0.6) is 23.0 Å². The zero-order valence-corrected chi connectivity index (χ0v) is 23.6. The largest absolute Gasteiger partial charge is 0.493 e. The Morgan fingerprint density at radius 2 is 1.14 bits per heavy atom. The molecule has 0 bridgehead atoms. The van der Waals surface area contributed by atoms with Gasteiger partial charge in [-0.2, -0.15) is 0 Å². The number of fused-ring (bicyclic) bond motifs is 2. The van der Waals surface area contributed by atoms with Gasteiger partial charge in [-0.3, -0.25) is 14.4 Å². The molecule has 3 N–H and O–H groups in total. The van der Waals surface area contributed by atoms with E-state index in [1.165, 1.54) is 0 Å². The van der Waals surface area contributed by atoms with Gasteiger partial charge in [0.2, 0.25) is 5.91 Å².